The zero-order valence-corrected chi connectivity index (χ0v) is 17.2. The number of rotatable bonds is 4. The topological polar surface area (TPSA) is 67.2 Å². The van der Waals surface area contributed by atoms with Gasteiger partial charge in [-0.2, -0.15) is 4.68 Å². The summed E-state index contributed by atoms with van der Waals surface area (Å²) in [7, 11) is 0. The molecule has 2 aromatic carbocycles. The van der Waals surface area contributed by atoms with Crippen LogP contribution in [-0.2, 0) is 4.79 Å². The van der Waals surface area contributed by atoms with Gasteiger partial charge in [0.2, 0.25) is 11.9 Å². The lowest BCUT2D eigenvalue weighted by Crippen LogP contribution is -2.39. The third-order valence-electron chi connectivity index (χ3n) is 5.91. The zero-order chi connectivity index (χ0) is 21.7. The van der Waals surface area contributed by atoms with Gasteiger partial charge in [-0.1, -0.05) is 23.7 Å². The maximum Gasteiger partial charge on any atom is 0.284 e. The summed E-state index contributed by atoms with van der Waals surface area (Å²) in [5.41, 5.74) is 2.80. The maximum atomic E-state index is 14.4. The molecule has 2 aliphatic rings. The predicted octanol–water partition coefficient (Wildman–Crippen LogP) is 3.80. The highest BCUT2D eigenvalue weighted by Crippen LogP contribution is 2.47. The van der Waals surface area contributed by atoms with Crippen LogP contribution in [0.2, 0.25) is 5.02 Å². The van der Waals surface area contributed by atoms with Crippen molar-refractivity contribution < 1.29 is 13.6 Å². The van der Waals surface area contributed by atoms with Crippen LogP contribution in [0, 0.1) is 17.6 Å². The molecule has 5 rings (SSSR count). The number of hydrogen-bond donors (Lipinski definition) is 1. The van der Waals surface area contributed by atoms with Crippen LogP contribution in [0.5, 0.6) is 0 Å². The molecule has 1 aliphatic carbocycles. The van der Waals surface area contributed by atoms with Crippen molar-refractivity contribution in [1.82, 2.24) is 9.66 Å². The van der Waals surface area contributed by atoms with Crippen LogP contribution < -0.4 is 15.9 Å². The number of anilines is 1. The van der Waals surface area contributed by atoms with E-state index >= 15 is 0 Å². The van der Waals surface area contributed by atoms with Gasteiger partial charge in [0.15, 0.2) is 0 Å². The molecule has 31 heavy (non-hydrogen) atoms. The molecule has 2 atom stereocenters. The normalized spacial score (nSPS) is 20.3. The standard InChI is InChI=1S/C22H19ClF2N4O2/c23-13-5-3-12(4-6-13)15-11-16(15)20(30)27-29-21(31)19-17(25)9-14(24)10-18(19)26-22(29)28-7-1-2-8-28/h3-6,9-10,15-16H,1-2,7-8,11H2,(H,27,30)/t15-,16-/m1/s1. The predicted molar refractivity (Wildman–Crippen MR) is 114 cm³/mol. The van der Waals surface area contributed by atoms with Gasteiger partial charge in [0.25, 0.3) is 5.56 Å². The largest absolute Gasteiger partial charge is 0.341 e. The van der Waals surface area contributed by atoms with Crippen LogP contribution in [0.1, 0.15) is 30.7 Å². The van der Waals surface area contributed by atoms with Crippen molar-refractivity contribution in [2.75, 3.05) is 23.4 Å². The lowest BCUT2D eigenvalue weighted by Gasteiger charge is -2.22. The van der Waals surface area contributed by atoms with Gasteiger partial charge in [-0.3, -0.25) is 15.0 Å². The van der Waals surface area contributed by atoms with E-state index in [2.05, 4.69) is 10.4 Å². The molecule has 3 aromatic rings. The van der Waals surface area contributed by atoms with Gasteiger partial charge in [0, 0.05) is 36.2 Å². The highest BCUT2D eigenvalue weighted by atomic mass is 35.5. The number of aromatic nitrogens is 2. The van der Waals surface area contributed by atoms with Gasteiger partial charge in [-0.15, -0.1) is 0 Å². The van der Waals surface area contributed by atoms with Crippen molar-refractivity contribution in [3.63, 3.8) is 0 Å². The van der Waals surface area contributed by atoms with E-state index in [1.54, 1.807) is 12.1 Å². The minimum Gasteiger partial charge on any atom is -0.341 e. The third-order valence-corrected chi connectivity index (χ3v) is 6.16. The van der Waals surface area contributed by atoms with Crippen LogP contribution in [0.3, 0.4) is 0 Å². The molecule has 0 spiro atoms. The van der Waals surface area contributed by atoms with Crippen molar-refractivity contribution in [1.29, 1.82) is 0 Å². The van der Waals surface area contributed by atoms with Gasteiger partial charge in [-0.25, -0.2) is 13.8 Å². The van der Waals surface area contributed by atoms with Gasteiger partial charge in [0.1, 0.15) is 17.0 Å². The highest BCUT2D eigenvalue weighted by Gasteiger charge is 2.44. The van der Waals surface area contributed by atoms with Crippen molar-refractivity contribution in [2.24, 2.45) is 5.92 Å². The molecule has 2 heterocycles. The second kappa shape index (κ2) is 7.60. The fourth-order valence-corrected chi connectivity index (χ4v) is 4.33. The van der Waals surface area contributed by atoms with Crippen LogP contribution in [0.4, 0.5) is 14.7 Å². The van der Waals surface area contributed by atoms with E-state index in [1.165, 1.54) is 0 Å². The molecule has 0 radical (unpaired) electrons. The van der Waals surface area contributed by atoms with E-state index < -0.39 is 17.2 Å². The molecule has 0 bridgehead atoms. The van der Waals surface area contributed by atoms with Crippen molar-refractivity contribution in [3.05, 3.63) is 69.0 Å². The Balaban J connectivity index is 1.50. The highest BCUT2D eigenvalue weighted by molar-refractivity contribution is 6.30. The molecule has 1 saturated carbocycles. The molecule has 1 N–H and O–H groups in total. The first-order chi connectivity index (χ1) is 14.9. The second-order valence-electron chi connectivity index (χ2n) is 8.00. The average molecular weight is 445 g/mol. The summed E-state index contributed by atoms with van der Waals surface area (Å²) in [5, 5.41) is 0.266. The number of carbonyl (C=O) groups is 1. The molecule has 1 aliphatic heterocycles. The molecule has 1 saturated heterocycles. The first-order valence-corrected chi connectivity index (χ1v) is 10.5. The second-order valence-corrected chi connectivity index (χ2v) is 8.44. The lowest BCUT2D eigenvalue weighted by molar-refractivity contribution is -0.118. The Morgan fingerprint density at radius 3 is 2.55 bits per heavy atom. The number of nitrogens with zero attached hydrogens (tertiary/aromatic N) is 3. The smallest absolute Gasteiger partial charge is 0.284 e. The lowest BCUT2D eigenvalue weighted by atomic mass is 10.1. The number of carbonyl (C=O) groups excluding carboxylic acids is 1. The van der Waals surface area contributed by atoms with Crippen molar-refractivity contribution >= 4 is 34.4 Å². The van der Waals surface area contributed by atoms with Crippen LogP contribution in [-0.4, -0.2) is 28.7 Å². The van der Waals surface area contributed by atoms with Crippen LogP contribution in [0.15, 0.2) is 41.2 Å². The number of amides is 1. The summed E-state index contributed by atoms with van der Waals surface area (Å²) in [6, 6.07) is 8.98. The van der Waals surface area contributed by atoms with Crippen molar-refractivity contribution in [3.8, 4) is 0 Å². The van der Waals surface area contributed by atoms with Crippen LogP contribution >= 0.6 is 11.6 Å². The molecule has 160 valence electrons. The molecule has 9 heteroatoms. The number of benzene rings is 2. The molecule has 1 amide bonds. The summed E-state index contributed by atoms with van der Waals surface area (Å²) < 4.78 is 29.1. The fraction of sp³-hybridized carbons (Fsp3) is 0.318. The minimum atomic E-state index is -1.01. The number of nitrogens with one attached hydrogen (secondary N) is 1. The van der Waals surface area contributed by atoms with E-state index in [0.717, 1.165) is 29.1 Å². The summed E-state index contributed by atoms with van der Waals surface area (Å²) in [6.07, 6.45) is 2.45. The molecule has 6 nitrogen and oxygen atoms in total. The molecule has 2 fully saturated rings. The van der Waals surface area contributed by atoms with Gasteiger partial charge in [-0.05, 0) is 42.9 Å². The van der Waals surface area contributed by atoms with Gasteiger partial charge in [0.05, 0.1) is 5.52 Å². The van der Waals surface area contributed by atoms with E-state index in [0.29, 0.717) is 30.6 Å². The Hall–Kier alpha value is -3.00. The molecule has 0 unspecified atom stereocenters. The van der Waals surface area contributed by atoms with Crippen LogP contribution in [0.25, 0.3) is 10.9 Å². The summed E-state index contributed by atoms with van der Waals surface area (Å²) >= 11 is 5.93. The zero-order valence-electron chi connectivity index (χ0n) is 16.4. The Bertz CT molecular complexity index is 1240. The van der Waals surface area contributed by atoms with Gasteiger partial charge >= 0.3 is 0 Å². The van der Waals surface area contributed by atoms with E-state index in [9.17, 15) is 18.4 Å². The summed E-state index contributed by atoms with van der Waals surface area (Å²) in [5.74, 6) is -2.25. The quantitative estimate of drug-likeness (QED) is 0.664. The van der Waals surface area contributed by atoms with E-state index in [-0.39, 0.29) is 34.6 Å². The fourth-order valence-electron chi connectivity index (χ4n) is 4.21. The minimum absolute atomic E-state index is 0.0300. The molecular formula is C22H19ClF2N4O2. The monoisotopic (exact) mass is 444 g/mol. The van der Waals surface area contributed by atoms with Crippen molar-refractivity contribution in [2.45, 2.75) is 25.2 Å². The summed E-state index contributed by atoms with van der Waals surface area (Å²) in [6.45, 7) is 1.28. The van der Waals surface area contributed by atoms with E-state index in [1.807, 2.05) is 17.0 Å². The first-order valence-electron chi connectivity index (χ1n) is 10.2. The SMILES string of the molecule is O=C(Nn1c(N2CCCC2)nc2cc(F)cc(F)c2c1=O)[C@@H]1C[C@@H]1c1ccc(Cl)cc1. The first kappa shape index (κ1) is 19.9. The number of hydrogen-bond acceptors (Lipinski definition) is 4. The van der Waals surface area contributed by atoms with Gasteiger partial charge < -0.3 is 4.90 Å². The summed E-state index contributed by atoms with van der Waals surface area (Å²) in [4.78, 5) is 32.2. The maximum absolute atomic E-state index is 14.4. The third kappa shape index (κ3) is 3.65. The Kier molecular flexibility index (Phi) is 4.89. The number of halogens is 3. The Labute approximate surface area is 181 Å². The molecule has 1 aromatic heterocycles. The van der Waals surface area contributed by atoms with E-state index in [4.69, 9.17) is 11.6 Å². The Morgan fingerprint density at radius 1 is 1.13 bits per heavy atom. The number of fused-ring (bicyclic) bond motifs is 1. The molecular weight excluding hydrogens is 426 g/mol. The average Bonchev–Trinajstić information content (AvgIpc) is 3.34. The Morgan fingerprint density at radius 2 is 1.84 bits per heavy atom.